The Hall–Kier alpha value is -2.37. The molecule has 0 unspecified atom stereocenters. The summed E-state index contributed by atoms with van der Waals surface area (Å²) in [4.78, 5) is 38.2. The lowest BCUT2D eigenvalue weighted by atomic mass is 10.0. The number of unbranched alkanes of at least 4 members (excludes halogenated alkanes) is 40. The highest BCUT2D eigenvalue weighted by atomic mass is 16.6. The van der Waals surface area contributed by atoms with Crippen LogP contribution in [0.3, 0.4) is 0 Å². The third-order valence-electron chi connectivity index (χ3n) is 13.9. The Morgan fingerprint density at radius 1 is 0.286 bits per heavy atom. The molecule has 6 heteroatoms. The molecule has 0 heterocycles. The summed E-state index contributed by atoms with van der Waals surface area (Å²) in [5, 5.41) is 0. The normalized spacial score (nSPS) is 12.2. The van der Waals surface area contributed by atoms with Crippen molar-refractivity contribution >= 4 is 17.9 Å². The molecule has 0 aliphatic rings. The lowest BCUT2D eigenvalue weighted by Crippen LogP contribution is -2.30. The average molecular weight is 984 g/mol. The standard InChI is InChI=1S/C64H118O6/c1-4-7-10-13-16-19-22-25-27-29-31-32-34-36-38-40-43-45-48-51-54-57-63(66)69-60-61(70-64(67)58-55-52-49-46-41-24-21-18-15-12-9-6-3)59-68-62(65)56-53-50-47-44-42-39-37-35-33-30-28-26-23-20-17-14-11-8-5-2/h17,20,25-28,61H,4-16,18-19,21-24,29-60H2,1-3H3/b20-17-,27-25-,28-26-/t61-/m1/s1. The molecule has 0 fully saturated rings. The third kappa shape index (κ3) is 56.5. The van der Waals surface area contributed by atoms with E-state index in [1.165, 1.54) is 231 Å². The summed E-state index contributed by atoms with van der Waals surface area (Å²) in [5.41, 5.74) is 0. The highest BCUT2D eigenvalue weighted by Gasteiger charge is 2.19. The number of hydrogen-bond donors (Lipinski definition) is 0. The predicted octanol–water partition coefficient (Wildman–Crippen LogP) is 20.8. The molecule has 70 heavy (non-hydrogen) atoms. The molecule has 0 aromatic carbocycles. The maximum atomic E-state index is 12.8. The van der Waals surface area contributed by atoms with Gasteiger partial charge in [0.1, 0.15) is 13.2 Å². The van der Waals surface area contributed by atoms with Crippen LogP contribution >= 0.6 is 0 Å². The van der Waals surface area contributed by atoms with Gasteiger partial charge in [0.25, 0.3) is 0 Å². The number of carbonyl (C=O) groups is 3. The summed E-state index contributed by atoms with van der Waals surface area (Å²) in [6, 6.07) is 0. The smallest absolute Gasteiger partial charge is 0.306 e. The summed E-state index contributed by atoms with van der Waals surface area (Å²) < 4.78 is 16.9. The fourth-order valence-corrected chi connectivity index (χ4v) is 9.18. The van der Waals surface area contributed by atoms with E-state index in [1.807, 2.05) is 0 Å². The van der Waals surface area contributed by atoms with Gasteiger partial charge < -0.3 is 14.2 Å². The van der Waals surface area contributed by atoms with Gasteiger partial charge >= 0.3 is 17.9 Å². The zero-order valence-electron chi connectivity index (χ0n) is 47.1. The van der Waals surface area contributed by atoms with Gasteiger partial charge in [0.2, 0.25) is 0 Å². The van der Waals surface area contributed by atoms with Crippen LogP contribution < -0.4 is 0 Å². The van der Waals surface area contributed by atoms with E-state index in [9.17, 15) is 14.4 Å². The monoisotopic (exact) mass is 983 g/mol. The first-order valence-corrected chi connectivity index (χ1v) is 31.0. The van der Waals surface area contributed by atoms with Crippen molar-refractivity contribution in [3.05, 3.63) is 36.5 Å². The van der Waals surface area contributed by atoms with Gasteiger partial charge in [-0.05, 0) is 77.0 Å². The molecule has 0 spiro atoms. The van der Waals surface area contributed by atoms with Crippen LogP contribution in [0.5, 0.6) is 0 Å². The average Bonchev–Trinajstić information content (AvgIpc) is 3.36. The van der Waals surface area contributed by atoms with E-state index in [0.717, 1.165) is 64.2 Å². The molecule has 410 valence electrons. The van der Waals surface area contributed by atoms with Gasteiger partial charge in [-0.25, -0.2) is 0 Å². The van der Waals surface area contributed by atoms with Gasteiger partial charge in [0, 0.05) is 19.3 Å². The zero-order valence-corrected chi connectivity index (χ0v) is 47.1. The molecule has 0 aromatic heterocycles. The van der Waals surface area contributed by atoms with Crippen molar-refractivity contribution in [1.82, 2.24) is 0 Å². The lowest BCUT2D eigenvalue weighted by Gasteiger charge is -2.18. The minimum Gasteiger partial charge on any atom is -0.462 e. The van der Waals surface area contributed by atoms with Gasteiger partial charge in [-0.15, -0.1) is 0 Å². The maximum absolute atomic E-state index is 12.8. The topological polar surface area (TPSA) is 78.9 Å². The van der Waals surface area contributed by atoms with Crippen molar-refractivity contribution in [3.8, 4) is 0 Å². The van der Waals surface area contributed by atoms with Gasteiger partial charge in [0.15, 0.2) is 6.10 Å². The molecule has 0 N–H and O–H groups in total. The Bertz CT molecular complexity index is 1170. The SMILES string of the molecule is CCCCC/C=C\C/C=C\CCCCCCCCCCCC(=O)OC[C@H](COC(=O)CCCCCCCCCCCCC/C=C\CCCCCCCC)OC(=O)CCCCCCCCCCCCCC. The fraction of sp³-hybridized carbons (Fsp3) is 0.859. The number of carbonyl (C=O) groups excluding carboxylic acids is 3. The largest absolute Gasteiger partial charge is 0.462 e. The van der Waals surface area contributed by atoms with Crippen molar-refractivity contribution in [2.24, 2.45) is 0 Å². The van der Waals surface area contributed by atoms with Crippen LogP contribution in [-0.2, 0) is 28.6 Å². The molecule has 6 nitrogen and oxygen atoms in total. The molecule has 0 aromatic rings. The Kier molecular flexibility index (Phi) is 57.2. The third-order valence-corrected chi connectivity index (χ3v) is 13.9. The first-order chi connectivity index (χ1) is 34.5. The van der Waals surface area contributed by atoms with Crippen LogP contribution in [0.25, 0.3) is 0 Å². The lowest BCUT2D eigenvalue weighted by molar-refractivity contribution is -0.167. The Morgan fingerprint density at radius 2 is 0.514 bits per heavy atom. The molecule has 0 bridgehead atoms. The molecule has 0 amide bonds. The first-order valence-electron chi connectivity index (χ1n) is 31.0. The Balaban J connectivity index is 4.26. The molecule has 0 aliphatic heterocycles. The summed E-state index contributed by atoms with van der Waals surface area (Å²) in [6.07, 6.45) is 71.4. The molecule has 0 radical (unpaired) electrons. The van der Waals surface area contributed by atoms with Crippen LogP contribution in [0.4, 0.5) is 0 Å². The number of allylic oxidation sites excluding steroid dienone is 6. The molecular formula is C64H118O6. The van der Waals surface area contributed by atoms with Crippen molar-refractivity contribution in [2.45, 2.75) is 341 Å². The summed E-state index contributed by atoms with van der Waals surface area (Å²) >= 11 is 0. The molecule has 0 rings (SSSR count). The van der Waals surface area contributed by atoms with E-state index in [0.29, 0.717) is 19.3 Å². The van der Waals surface area contributed by atoms with E-state index in [-0.39, 0.29) is 31.1 Å². The van der Waals surface area contributed by atoms with Crippen LogP contribution in [-0.4, -0.2) is 37.2 Å². The quantitative estimate of drug-likeness (QED) is 0.0261. The molecule has 0 aliphatic carbocycles. The number of hydrogen-bond acceptors (Lipinski definition) is 6. The van der Waals surface area contributed by atoms with Crippen LogP contribution in [0, 0.1) is 0 Å². The maximum Gasteiger partial charge on any atom is 0.306 e. The predicted molar refractivity (Wildman–Crippen MR) is 302 cm³/mol. The second-order valence-corrected chi connectivity index (χ2v) is 21.0. The van der Waals surface area contributed by atoms with Crippen molar-refractivity contribution in [1.29, 1.82) is 0 Å². The Morgan fingerprint density at radius 3 is 0.829 bits per heavy atom. The summed E-state index contributed by atoms with van der Waals surface area (Å²) in [7, 11) is 0. The minimum absolute atomic E-state index is 0.0696. The van der Waals surface area contributed by atoms with Crippen molar-refractivity contribution in [2.75, 3.05) is 13.2 Å². The van der Waals surface area contributed by atoms with Crippen molar-refractivity contribution < 1.29 is 28.6 Å². The highest BCUT2D eigenvalue weighted by molar-refractivity contribution is 5.71. The second kappa shape index (κ2) is 59.2. The van der Waals surface area contributed by atoms with E-state index in [1.54, 1.807) is 0 Å². The fourth-order valence-electron chi connectivity index (χ4n) is 9.18. The first kappa shape index (κ1) is 67.6. The number of rotatable bonds is 57. The number of esters is 3. The van der Waals surface area contributed by atoms with E-state index in [2.05, 4.69) is 57.2 Å². The molecule has 1 atom stereocenters. The van der Waals surface area contributed by atoms with Gasteiger partial charge in [-0.2, -0.15) is 0 Å². The zero-order chi connectivity index (χ0) is 50.7. The molecule has 0 saturated carbocycles. The van der Waals surface area contributed by atoms with Gasteiger partial charge in [0.05, 0.1) is 0 Å². The van der Waals surface area contributed by atoms with E-state index >= 15 is 0 Å². The van der Waals surface area contributed by atoms with Crippen molar-refractivity contribution in [3.63, 3.8) is 0 Å². The second-order valence-electron chi connectivity index (χ2n) is 21.0. The van der Waals surface area contributed by atoms with Crippen LogP contribution in [0.1, 0.15) is 335 Å². The molecular weight excluding hydrogens is 865 g/mol. The van der Waals surface area contributed by atoms with E-state index in [4.69, 9.17) is 14.2 Å². The van der Waals surface area contributed by atoms with Crippen LogP contribution in [0.15, 0.2) is 36.5 Å². The minimum atomic E-state index is -0.771. The van der Waals surface area contributed by atoms with Gasteiger partial charge in [-0.3, -0.25) is 14.4 Å². The van der Waals surface area contributed by atoms with E-state index < -0.39 is 6.10 Å². The summed E-state index contributed by atoms with van der Waals surface area (Å²) in [5.74, 6) is -0.854. The number of ether oxygens (including phenoxy) is 3. The highest BCUT2D eigenvalue weighted by Crippen LogP contribution is 2.17. The van der Waals surface area contributed by atoms with Gasteiger partial charge in [-0.1, -0.05) is 276 Å². The van der Waals surface area contributed by atoms with Crippen LogP contribution in [0.2, 0.25) is 0 Å². The molecule has 0 saturated heterocycles. The Labute approximate surface area is 435 Å². The summed E-state index contributed by atoms with van der Waals surface area (Å²) in [6.45, 7) is 6.65.